The van der Waals surface area contributed by atoms with E-state index >= 15 is 0 Å². The zero-order valence-corrected chi connectivity index (χ0v) is 11.5. The van der Waals surface area contributed by atoms with Crippen molar-refractivity contribution in [2.24, 2.45) is 0 Å². The molecule has 18 heavy (non-hydrogen) atoms. The van der Waals surface area contributed by atoms with Gasteiger partial charge < -0.3 is 14.4 Å². The highest BCUT2D eigenvalue weighted by molar-refractivity contribution is 5.96. The van der Waals surface area contributed by atoms with E-state index in [4.69, 9.17) is 9.47 Å². The summed E-state index contributed by atoms with van der Waals surface area (Å²) in [4.78, 5) is 24.8. The average molecular weight is 255 g/mol. The predicted octanol–water partition coefficient (Wildman–Crippen LogP) is 2.12. The summed E-state index contributed by atoms with van der Waals surface area (Å²) in [6.45, 7) is 5.89. The number of carbonyl (C=O) groups is 2. The van der Waals surface area contributed by atoms with Gasteiger partial charge >= 0.3 is 6.09 Å². The first-order valence-corrected chi connectivity index (χ1v) is 6.10. The molecule has 0 aromatic carbocycles. The molecular weight excluding hydrogens is 234 g/mol. The van der Waals surface area contributed by atoms with Crippen molar-refractivity contribution in [1.82, 2.24) is 4.90 Å². The Morgan fingerprint density at radius 2 is 2.11 bits per heavy atom. The Morgan fingerprint density at radius 1 is 1.44 bits per heavy atom. The Bertz CT molecular complexity index is 354. The molecule has 0 aromatic heterocycles. The Kier molecular flexibility index (Phi) is 4.76. The molecule has 0 atom stereocenters. The van der Waals surface area contributed by atoms with E-state index in [-0.39, 0.29) is 12.3 Å². The smallest absolute Gasteiger partial charge is 0.410 e. The maximum Gasteiger partial charge on any atom is 0.410 e. The molecule has 0 saturated carbocycles. The van der Waals surface area contributed by atoms with Crippen LogP contribution in [0.3, 0.4) is 0 Å². The third kappa shape index (κ3) is 4.77. The number of nitrogens with zero attached hydrogens (tertiary/aromatic N) is 1. The van der Waals surface area contributed by atoms with E-state index in [1.807, 2.05) is 0 Å². The van der Waals surface area contributed by atoms with Gasteiger partial charge in [-0.15, -0.1) is 0 Å². The molecule has 0 saturated heterocycles. The van der Waals surface area contributed by atoms with Crippen molar-refractivity contribution in [3.8, 4) is 0 Å². The summed E-state index contributed by atoms with van der Waals surface area (Å²) in [6.07, 6.45) is 3.04. The molecule has 0 spiro atoms. The van der Waals surface area contributed by atoms with Gasteiger partial charge in [-0.05, 0) is 39.7 Å². The molecule has 0 radical (unpaired) electrons. The van der Waals surface area contributed by atoms with Crippen molar-refractivity contribution in [3.05, 3.63) is 11.8 Å². The van der Waals surface area contributed by atoms with Crippen LogP contribution in [0.5, 0.6) is 0 Å². The standard InChI is InChI=1S/C13H21NO4/c1-13(2,3)18-12(16)14(4)9-10(15)11-7-5-6-8-17-11/h7H,5-6,8-9H2,1-4H3. The SMILES string of the molecule is CN(CC(=O)C1=CCCCO1)C(=O)OC(C)(C)C. The normalized spacial score (nSPS) is 15.4. The lowest BCUT2D eigenvalue weighted by Crippen LogP contribution is -2.37. The summed E-state index contributed by atoms with van der Waals surface area (Å²) in [6, 6.07) is 0. The van der Waals surface area contributed by atoms with Gasteiger partial charge in [0.2, 0.25) is 5.78 Å². The molecule has 0 aromatic rings. The first kappa shape index (κ1) is 14.5. The van der Waals surface area contributed by atoms with Crippen molar-refractivity contribution in [2.75, 3.05) is 20.2 Å². The molecule has 5 heteroatoms. The summed E-state index contributed by atoms with van der Waals surface area (Å²) < 4.78 is 10.4. The molecule has 0 bridgehead atoms. The number of likely N-dealkylation sites (N-methyl/N-ethyl adjacent to an activating group) is 1. The molecule has 5 nitrogen and oxygen atoms in total. The maximum atomic E-state index is 11.8. The van der Waals surface area contributed by atoms with E-state index in [1.165, 1.54) is 11.9 Å². The summed E-state index contributed by atoms with van der Waals surface area (Å²) >= 11 is 0. The summed E-state index contributed by atoms with van der Waals surface area (Å²) in [5.74, 6) is 0.166. The van der Waals surface area contributed by atoms with Crippen LogP contribution in [0.1, 0.15) is 33.6 Å². The van der Waals surface area contributed by atoms with Gasteiger partial charge in [-0.3, -0.25) is 4.79 Å². The third-order valence-corrected chi connectivity index (χ3v) is 2.30. The van der Waals surface area contributed by atoms with E-state index in [0.717, 1.165) is 12.8 Å². The van der Waals surface area contributed by atoms with E-state index in [0.29, 0.717) is 12.4 Å². The molecule has 0 N–H and O–H groups in total. The van der Waals surface area contributed by atoms with Crippen molar-refractivity contribution < 1.29 is 19.1 Å². The van der Waals surface area contributed by atoms with Gasteiger partial charge in [0.1, 0.15) is 5.60 Å². The number of allylic oxidation sites excluding steroid dienone is 1. The van der Waals surface area contributed by atoms with Gasteiger partial charge in [0.25, 0.3) is 0 Å². The van der Waals surface area contributed by atoms with E-state index in [1.54, 1.807) is 26.8 Å². The minimum Gasteiger partial charge on any atom is -0.490 e. The number of carbonyl (C=O) groups excluding carboxylic acids is 2. The molecule has 1 aliphatic rings. The Balaban J connectivity index is 2.48. The van der Waals surface area contributed by atoms with E-state index in [2.05, 4.69) is 0 Å². The van der Waals surface area contributed by atoms with Crippen LogP contribution in [-0.4, -0.2) is 42.6 Å². The molecule has 102 valence electrons. The monoisotopic (exact) mass is 255 g/mol. The van der Waals surface area contributed by atoms with Crippen LogP contribution in [-0.2, 0) is 14.3 Å². The fourth-order valence-electron chi connectivity index (χ4n) is 1.45. The highest BCUT2D eigenvalue weighted by Crippen LogP contribution is 2.12. The van der Waals surface area contributed by atoms with Crippen LogP contribution in [0.2, 0.25) is 0 Å². The molecule has 1 aliphatic heterocycles. The summed E-state index contributed by atoms with van der Waals surface area (Å²) in [5.41, 5.74) is -0.561. The predicted molar refractivity (Wildman–Crippen MR) is 67.1 cm³/mol. The number of Topliss-reactive ketones (excluding diaryl/α,β-unsaturated/α-hetero) is 1. The second-order valence-electron chi connectivity index (χ2n) is 5.32. The van der Waals surface area contributed by atoms with Crippen LogP contribution in [0.15, 0.2) is 11.8 Å². The molecular formula is C13H21NO4. The van der Waals surface area contributed by atoms with Crippen LogP contribution in [0.4, 0.5) is 4.79 Å². The first-order valence-electron chi connectivity index (χ1n) is 6.10. The topological polar surface area (TPSA) is 55.8 Å². The molecule has 1 rings (SSSR count). The highest BCUT2D eigenvalue weighted by Gasteiger charge is 2.23. The Morgan fingerprint density at radius 3 is 2.61 bits per heavy atom. The minimum absolute atomic E-state index is 0.0270. The molecule has 0 aliphatic carbocycles. The second kappa shape index (κ2) is 5.89. The quantitative estimate of drug-likeness (QED) is 0.775. The van der Waals surface area contributed by atoms with Gasteiger partial charge in [0, 0.05) is 7.05 Å². The molecule has 0 fully saturated rings. The molecule has 0 unspecified atom stereocenters. The van der Waals surface area contributed by atoms with Crippen LogP contribution in [0.25, 0.3) is 0 Å². The first-order chi connectivity index (χ1) is 8.29. The third-order valence-electron chi connectivity index (χ3n) is 2.30. The summed E-state index contributed by atoms with van der Waals surface area (Å²) in [5, 5.41) is 0. The number of amides is 1. The van der Waals surface area contributed by atoms with Crippen LogP contribution in [0, 0.1) is 0 Å². The number of ketones is 1. The zero-order valence-electron chi connectivity index (χ0n) is 11.5. The second-order valence-corrected chi connectivity index (χ2v) is 5.32. The van der Waals surface area contributed by atoms with Crippen LogP contribution >= 0.6 is 0 Å². The molecule has 1 heterocycles. The minimum atomic E-state index is -0.561. The lowest BCUT2D eigenvalue weighted by molar-refractivity contribution is -0.120. The van der Waals surface area contributed by atoms with Crippen molar-refractivity contribution in [3.63, 3.8) is 0 Å². The lowest BCUT2D eigenvalue weighted by atomic mass is 10.2. The lowest BCUT2D eigenvalue weighted by Gasteiger charge is -2.24. The van der Waals surface area contributed by atoms with Gasteiger partial charge in [0.05, 0.1) is 13.2 Å². The van der Waals surface area contributed by atoms with Crippen molar-refractivity contribution >= 4 is 11.9 Å². The maximum absolute atomic E-state index is 11.8. The van der Waals surface area contributed by atoms with Crippen molar-refractivity contribution in [1.29, 1.82) is 0 Å². The fourth-order valence-corrected chi connectivity index (χ4v) is 1.45. The van der Waals surface area contributed by atoms with Crippen molar-refractivity contribution in [2.45, 2.75) is 39.2 Å². The van der Waals surface area contributed by atoms with Gasteiger partial charge in [-0.1, -0.05) is 0 Å². The number of hydrogen-bond donors (Lipinski definition) is 0. The van der Waals surface area contributed by atoms with Crippen LogP contribution < -0.4 is 0 Å². The largest absolute Gasteiger partial charge is 0.490 e. The Labute approximate surface area is 108 Å². The van der Waals surface area contributed by atoms with Gasteiger partial charge in [-0.2, -0.15) is 0 Å². The fraction of sp³-hybridized carbons (Fsp3) is 0.692. The zero-order chi connectivity index (χ0) is 13.8. The number of ether oxygens (including phenoxy) is 2. The number of hydrogen-bond acceptors (Lipinski definition) is 4. The van der Waals surface area contributed by atoms with Gasteiger partial charge in [-0.25, -0.2) is 4.79 Å². The Hall–Kier alpha value is -1.52. The number of rotatable bonds is 3. The van der Waals surface area contributed by atoms with E-state index < -0.39 is 11.7 Å². The summed E-state index contributed by atoms with van der Waals surface area (Å²) in [7, 11) is 1.54. The van der Waals surface area contributed by atoms with E-state index in [9.17, 15) is 9.59 Å². The van der Waals surface area contributed by atoms with Gasteiger partial charge in [0.15, 0.2) is 5.76 Å². The molecule has 1 amide bonds. The average Bonchev–Trinajstić information content (AvgIpc) is 2.27. The highest BCUT2D eigenvalue weighted by atomic mass is 16.6.